The number of aliphatic hydroxyl groups excluding tert-OH is 1. The zero-order valence-corrected chi connectivity index (χ0v) is 38.4. The molecule has 19 heteroatoms. The molecule has 4 aliphatic rings. The Morgan fingerprint density at radius 3 is 2.57 bits per heavy atom. The summed E-state index contributed by atoms with van der Waals surface area (Å²) in [7, 11) is -3.14. The molecule has 2 aliphatic heterocycles. The number of aromatic nitrogens is 4. The zero-order valence-electron chi connectivity index (χ0n) is 36.9. The molecule has 350 valence electrons. The van der Waals surface area contributed by atoms with Gasteiger partial charge in [-0.1, -0.05) is 30.2 Å². The summed E-state index contributed by atoms with van der Waals surface area (Å²) in [5, 5.41) is 28.6. The number of allylic oxidation sites excluding steroid dienone is 1. The number of ether oxygens (including phenoxy) is 2. The molecule has 2 saturated heterocycles. The van der Waals surface area contributed by atoms with E-state index in [0.29, 0.717) is 72.7 Å². The van der Waals surface area contributed by atoms with Crippen LogP contribution in [0.4, 0.5) is 17.1 Å². The number of hydrogen-bond donors (Lipinski definition) is 4. The third-order valence-electron chi connectivity index (χ3n) is 14.3. The average Bonchev–Trinajstić information content (AvgIpc) is 3.89. The smallest absolute Gasteiger partial charge is 0.293 e. The molecule has 1 saturated carbocycles. The van der Waals surface area contributed by atoms with Crippen LogP contribution < -0.4 is 20.5 Å². The number of piperidine rings is 1. The first-order valence-electron chi connectivity index (χ1n) is 22.7. The first-order valence-corrected chi connectivity index (χ1v) is 24.5. The third-order valence-corrected chi connectivity index (χ3v) is 15.9. The number of rotatable bonds is 12. The quantitative estimate of drug-likeness (QED) is 0.0714. The van der Waals surface area contributed by atoms with E-state index in [9.17, 15) is 33.2 Å². The molecule has 5 heterocycles. The number of hydrogen-bond acceptors (Lipinski definition) is 12. The minimum absolute atomic E-state index is 0.0175. The number of halogens is 1. The number of nitrogens with one attached hydrogen (secondary N) is 3. The second-order valence-electron chi connectivity index (χ2n) is 18.2. The molecule has 1 unspecified atom stereocenters. The highest BCUT2D eigenvalue weighted by molar-refractivity contribution is 7.90. The number of sulfonamides is 1. The first-order chi connectivity index (χ1) is 32.3. The largest absolute Gasteiger partial charge is 0.388 e. The van der Waals surface area contributed by atoms with Crippen molar-refractivity contribution in [1.29, 1.82) is 0 Å². The van der Waals surface area contributed by atoms with Crippen LogP contribution in [0.2, 0.25) is 5.02 Å². The van der Waals surface area contributed by atoms with Crippen LogP contribution in [-0.4, -0.2) is 95.3 Å². The maximum Gasteiger partial charge on any atom is 0.293 e. The van der Waals surface area contributed by atoms with Crippen LogP contribution in [0, 0.1) is 21.4 Å². The van der Waals surface area contributed by atoms with Gasteiger partial charge >= 0.3 is 0 Å². The number of anilines is 2. The van der Waals surface area contributed by atoms with Crippen LogP contribution in [0.1, 0.15) is 67.3 Å². The fourth-order valence-corrected chi connectivity index (χ4v) is 11.5. The minimum atomic E-state index is -4.68. The molecule has 1 amide bonds. The number of benzene rings is 3. The van der Waals surface area contributed by atoms with Gasteiger partial charge in [0, 0.05) is 55.0 Å². The summed E-state index contributed by atoms with van der Waals surface area (Å²) in [5.41, 5.74) is 4.82. The molecular formula is C48H51ClN8O9S. The molecule has 3 aromatic heterocycles. The molecular weight excluding hydrogens is 900 g/mol. The number of nitro benzene ring substituents is 1. The molecule has 6 aromatic rings. The summed E-state index contributed by atoms with van der Waals surface area (Å²) in [6, 6.07) is 19.9. The van der Waals surface area contributed by atoms with Crippen molar-refractivity contribution in [3.8, 4) is 5.69 Å². The van der Waals surface area contributed by atoms with Crippen LogP contribution >= 0.6 is 11.6 Å². The Balaban J connectivity index is 0.946. The molecule has 0 bridgehead atoms. The Hall–Kier alpha value is -6.05. The van der Waals surface area contributed by atoms with Crippen molar-refractivity contribution in [2.45, 2.75) is 68.5 Å². The van der Waals surface area contributed by atoms with Gasteiger partial charge in [0.15, 0.2) is 5.52 Å². The lowest BCUT2D eigenvalue weighted by Crippen LogP contribution is -2.40. The number of nitrogens with zero attached hydrogens (tertiary/aromatic N) is 5. The third kappa shape index (κ3) is 8.61. The standard InChI is InChI=1S/C48H51ClN8O9S/c1-54-47(60)43-42(23-31-12-18-50-45(31)52-43)56(54)40-24-33(55-19-13-30(14-20-55)44(58)36-11-17-48(15-2-16-48)26-38(36)29-3-5-32(49)6-4-29)7-9-37(40)46(59)53-67(63,64)35-8-10-39(41(25-35)57(61)62)51-27-34-28-65-21-22-66-34/h3-10,12,18,23-25,30,34,44,51,58H,2,11,13-17,19-22,26-28H2,1H3,(H,50,52)(H,53,59)/t34-,44?/m1/s1. The molecule has 3 fully saturated rings. The molecule has 2 atom stereocenters. The molecule has 3 aromatic carbocycles. The van der Waals surface area contributed by atoms with Gasteiger partial charge in [-0.25, -0.2) is 27.5 Å². The highest BCUT2D eigenvalue weighted by Gasteiger charge is 2.43. The predicted octanol–water partition coefficient (Wildman–Crippen LogP) is 7.10. The normalized spacial score (nSPS) is 19.4. The van der Waals surface area contributed by atoms with Crippen molar-refractivity contribution >= 4 is 72.2 Å². The van der Waals surface area contributed by atoms with Crippen molar-refractivity contribution in [2.24, 2.45) is 18.4 Å². The lowest BCUT2D eigenvalue weighted by atomic mass is 9.58. The summed E-state index contributed by atoms with van der Waals surface area (Å²) in [6.45, 7) is 2.52. The second-order valence-corrected chi connectivity index (χ2v) is 20.4. The summed E-state index contributed by atoms with van der Waals surface area (Å²) in [5.74, 6) is -1.00. The van der Waals surface area contributed by atoms with Gasteiger partial charge < -0.3 is 29.8 Å². The van der Waals surface area contributed by atoms with Crippen molar-refractivity contribution < 1.29 is 32.7 Å². The number of fused-ring (bicyclic) bond motifs is 2. The Morgan fingerprint density at radius 1 is 1.06 bits per heavy atom. The van der Waals surface area contributed by atoms with Crippen molar-refractivity contribution in [3.05, 3.63) is 121 Å². The van der Waals surface area contributed by atoms with Crippen LogP contribution in [0.15, 0.2) is 94.3 Å². The van der Waals surface area contributed by atoms with E-state index in [-0.39, 0.29) is 41.0 Å². The Labute approximate surface area is 390 Å². The van der Waals surface area contributed by atoms with Crippen molar-refractivity contribution in [1.82, 2.24) is 24.1 Å². The molecule has 1 spiro atoms. The van der Waals surface area contributed by atoms with E-state index in [4.69, 9.17) is 21.1 Å². The van der Waals surface area contributed by atoms with Gasteiger partial charge in [-0.2, -0.15) is 0 Å². The Bertz CT molecular complexity index is 3110. The number of H-pyrrole nitrogens is 1. The predicted molar refractivity (Wildman–Crippen MR) is 254 cm³/mol. The average molecular weight is 952 g/mol. The van der Waals surface area contributed by atoms with E-state index in [2.05, 4.69) is 37.0 Å². The molecule has 67 heavy (non-hydrogen) atoms. The molecule has 17 nitrogen and oxygen atoms in total. The van der Waals surface area contributed by atoms with Gasteiger partial charge in [-0.3, -0.25) is 19.7 Å². The Kier molecular flexibility index (Phi) is 11.9. The van der Waals surface area contributed by atoms with Crippen molar-refractivity contribution in [2.75, 3.05) is 49.7 Å². The van der Waals surface area contributed by atoms with Gasteiger partial charge in [0.05, 0.1) is 58.6 Å². The first kappa shape index (κ1) is 44.8. The van der Waals surface area contributed by atoms with Gasteiger partial charge in [-0.05, 0) is 128 Å². The number of carbonyl (C=O) groups excluding carboxylic acids is 1. The fourth-order valence-electron chi connectivity index (χ4n) is 10.4. The number of amides is 1. The van der Waals surface area contributed by atoms with E-state index >= 15 is 0 Å². The SMILES string of the molecule is Cn1c(=O)c2nc3[nH]ccc3cc2n1-c1cc(N2CCC(C(O)C3=C(c4ccc(Cl)cc4)CC4(CCC4)CC3)CC2)ccc1C(=O)NS(=O)(=O)c1ccc(NC[C@@H]2COCCO2)c([N+](=O)[O-])c1. The Morgan fingerprint density at radius 2 is 1.85 bits per heavy atom. The van der Waals surface area contributed by atoms with E-state index in [1.54, 1.807) is 36.1 Å². The van der Waals surface area contributed by atoms with E-state index < -0.39 is 43.1 Å². The lowest BCUT2D eigenvalue weighted by molar-refractivity contribution is -0.384. The van der Waals surface area contributed by atoms with Crippen LogP contribution in [0.3, 0.4) is 0 Å². The highest BCUT2D eigenvalue weighted by Crippen LogP contribution is 2.56. The zero-order chi connectivity index (χ0) is 46.6. The topological polar surface area (TPSA) is 216 Å². The molecule has 2 aliphatic carbocycles. The number of aliphatic hydroxyl groups is 1. The number of aromatic amines is 1. The summed E-state index contributed by atoms with van der Waals surface area (Å²) in [6.07, 6.45) is 8.73. The maximum atomic E-state index is 14.3. The molecule has 0 radical (unpaired) electrons. The summed E-state index contributed by atoms with van der Waals surface area (Å²) < 4.78 is 43.8. The van der Waals surface area contributed by atoms with Crippen molar-refractivity contribution in [3.63, 3.8) is 0 Å². The minimum Gasteiger partial charge on any atom is -0.388 e. The van der Waals surface area contributed by atoms with E-state index in [1.807, 2.05) is 18.2 Å². The van der Waals surface area contributed by atoms with Gasteiger partial charge in [0.2, 0.25) is 0 Å². The molecule has 4 N–H and O–H groups in total. The number of nitro groups is 1. The van der Waals surface area contributed by atoms with E-state index in [1.165, 1.54) is 47.7 Å². The maximum absolute atomic E-state index is 14.3. The van der Waals surface area contributed by atoms with Crippen LogP contribution in [-0.2, 0) is 26.5 Å². The number of pyridine rings is 1. The summed E-state index contributed by atoms with van der Waals surface area (Å²) in [4.78, 5) is 48.9. The van der Waals surface area contributed by atoms with Gasteiger partial charge in [0.1, 0.15) is 11.3 Å². The highest BCUT2D eigenvalue weighted by atomic mass is 35.5. The van der Waals surface area contributed by atoms with Crippen LogP contribution in [0.25, 0.3) is 33.3 Å². The monoisotopic (exact) mass is 950 g/mol. The van der Waals surface area contributed by atoms with Gasteiger partial charge in [-0.15, -0.1) is 0 Å². The second kappa shape index (κ2) is 17.9. The summed E-state index contributed by atoms with van der Waals surface area (Å²) >= 11 is 6.28. The number of carbonyl (C=O) groups is 1. The van der Waals surface area contributed by atoms with Crippen LogP contribution in [0.5, 0.6) is 0 Å². The fraction of sp³-hybridized carbons (Fsp3) is 0.396. The lowest BCUT2D eigenvalue weighted by Gasteiger charge is -2.48. The molecule has 10 rings (SSSR count). The van der Waals surface area contributed by atoms with E-state index in [0.717, 1.165) is 42.2 Å². The van der Waals surface area contributed by atoms with Gasteiger partial charge in [0.25, 0.3) is 27.2 Å².